The Morgan fingerprint density at radius 3 is 3.06 bits per heavy atom. The van der Waals surface area contributed by atoms with Crippen LogP contribution in [0, 0.1) is 17.0 Å². The Kier molecular flexibility index (Phi) is 4.28. The molecule has 1 aromatic rings. The van der Waals surface area contributed by atoms with Crippen molar-refractivity contribution >= 4 is 5.69 Å². The largest absolute Gasteiger partial charge is 0.380 e. The number of nitrogens with zero attached hydrogens (tertiary/aromatic N) is 1. The number of nitro groups is 1. The second-order valence-electron chi connectivity index (χ2n) is 4.67. The molecule has 1 unspecified atom stereocenters. The molecule has 1 aromatic carbocycles. The van der Waals surface area contributed by atoms with Gasteiger partial charge in [0.25, 0.3) is 5.69 Å². The Bertz CT molecular complexity index is 428. The summed E-state index contributed by atoms with van der Waals surface area (Å²) >= 11 is 0. The van der Waals surface area contributed by atoms with Crippen LogP contribution in [0.5, 0.6) is 0 Å². The summed E-state index contributed by atoms with van der Waals surface area (Å²) in [6.45, 7) is 3.97. The molecule has 0 spiro atoms. The van der Waals surface area contributed by atoms with Crippen molar-refractivity contribution in [3.63, 3.8) is 0 Å². The molecule has 1 aliphatic rings. The fourth-order valence-corrected chi connectivity index (χ4v) is 2.13. The third kappa shape index (κ3) is 3.27. The molecule has 18 heavy (non-hydrogen) atoms. The predicted molar refractivity (Wildman–Crippen MR) is 68.5 cm³/mol. The molecule has 1 heterocycles. The van der Waals surface area contributed by atoms with Gasteiger partial charge in [-0.25, -0.2) is 0 Å². The first kappa shape index (κ1) is 13.0. The van der Waals surface area contributed by atoms with Crippen LogP contribution in [0.25, 0.3) is 0 Å². The van der Waals surface area contributed by atoms with Gasteiger partial charge in [-0.1, -0.05) is 12.1 Å². The zero-order valence-electron chi connectivity index (χ0n) is 10.5. The molecule has 1 atom stereocenters. The number of hydrogen-bond acceptors (Lipinski definition) is 4. The van der Waals surface area contributed by atoms with Crippen molar-refractivity contribution in [3.05, 3.63) is 39.4 Å². The van der Waals surface area contributed by atoms with Crippen molar-refractivity contribution in [2.24, 2.45) is 0 Å². The van der Waals surface area contributed by atoms with Gasteiger partial charge in [0.1, 0.15) is 0 Å². The van der Waals surface area contributed by atoms with E-state index in [0.717, 1.165) is 31.6 Å². The molecule has 0 aromatic heterocycles. The first-order valence-electron chi connectivity index (χ1n) is 6.22. The smallest absolute Gasteiger partial charge is 0.272 e. The lowest BCUT2D eigenvalue weighted by Gasteiger charge is -2.23. The van der Waals surface area contributed by atoms with Crippen LogP contribution in [0.15, 0.2) is 18.2 Å². The van der Waals surface area contributed by atoms with Crippen molar-refractivity contribution < 1.29 is 9.66 Å². The number of nitro benzene ring substituents is 1. The van der Waals surface area contributed by atoms with E-state index in [1.807, 2.05) is 6.07 Å². The summed E-state index contributed by atoms with van der Waals surface area (Å²) in [4.78, 5) is 10.5. The molecule has 5 nitrogen and oxygen atoms in total. The number of rotatable bonds is 4. The minimum atomic E-state index is -0.331. The van der Waals surface area contributed by atoms with Crippen molar-refractivity contribution in [1.29, 1.82) is 0 Å². The van der Waals surface area contributed by atoms with Gasteiger partial charge in [-0.3, -0.25) is 10.1 Å². The zero-order chi connectivity index (χ0) is 13.0. The van der Waals surface area contributed by atoms with Crippen LogP contribution in [0.4, 0.5) is 5.69 Å². The molecule has 98 valence electrons. The number of aryl methyl sites for hydroxylation is 1. The molecule has 5 heteroatoms. The van der Waals surface area contributed by atoms with E-state index in [2.05, 4.69) is 5.32 Å². The first-order chi connectivity index (χ1) is 8.66. The fourth-order valence-electron chi connectivity index (χ4n) is 2.13. The lowest BCUT2D eigenvalue weighted by Crippen LogP contribution is -2.36. The van der Waals surface area contributed by atoms with Crippen LogP contribution in [0.3, 0.4) is 0 Å². The number of nitrogens with one attached hydrogen (secondary N) is 1. The highest BCUT2D eigenvalue weighted by atomic mass is 16.6. The van der Waals surface area contributed by atoms with Crippen LogP contribution < -0.4 is 5.32 Å². The zero-order valence-corrected chi connectivity index (χ0v) is 10.5. The Morgan fingerprint density at radius 2 is 2.39 bits per heavy atom. The molecule has 1 fully saturated rings. The summed E-state index contributed by atoms with van der Waals surface area (Å²) in [6, 6.07) is 5.73. The average Bonchev–Trinajstić information content (AvgIpc) is 2.38. The molecule has 0 amide bonds. The average molecular weight is 250 g/mol. The molecule has 2 rings (SSSR count). The molecule has 0 bridgehead atoms. The third-order valence-corrected chi connectivity index (χ3v) is 3.23. The Hall–Kier alpha value is -1.46. The van der Waals surface area contributed by atoms with E-state index in [1.165, 1.54) is 0 Å². The summed E-state index contributed by atoms with van der Waals surface area (Å²) in [5.74, 6) is 0. The predicted octanol–water partition coefficient (Wildman–Crippen LogP) is 2.17. The Labute approximate surface area is 106 Å². The van der Waals surface area contributed by atoms with Gasteiger partial charge in [0, 0.05) is 30.8 Å². The van der Waals surface area contributed by atoms with E-state index >= 15 is 0 Å². The number of ether oxygens (including phenoxy) is 1. The standard InChI is InChI=1S/C13H18N2O3/c1-10-4-5-11(7-13(10)15(16)17)8-14-12-3-2-6-18-9-12/h4-5,7,12,14H,2-3,6,8-9H2,1H3. The molecule has 0 aliphatic carbocycles. The lowest BCUT2D eigenvalue weighted by atomic mass is 10.1. The summed E-state index contributed by atoms with van der Waals surface area (Å²) < 4.78 is 5.38. The summed E-state index contributed by atoms with van der Waals surface area (Å²) in [5.41, 5.74) is 1.83. The van der Waals surface area contributed by atoms with Gasteiger partial charge in [-0.05, 0) is 25.3 Å². The highest BCUT2D eigenvalue weighted by molar-refractivity contribution is 5.42. The van der Waals surface area contributed by atoms with Gasteiger partial charge in [-0.2, -0.15) is 0 Å². The van der Waals surface area contributed by atoms with Crippen molar-refractivity contribution in [2.45, 2.75) is 32.4 Å². The number of benzene rings is 1. The van der Waals surface area contributed by atoms with Gasteiger partial charge in [-0.15, -0.1) is 0 Å². The number of hydrogen-bond donors (Lipinski definition) is 1. The van der Waals surface area contributed by atoms with Crippen LogP contribution in [-0.2, 0) is 11.3 Å². The molecule has 0 saturated carbocycles. The monoisotopic (exact) mass is 250 g/mol. The van der Waals surface area contributed by atoms with E-state index in [0.29, 0.717) is 18.2 Å². The minimum Gasteiger partial charge on any atom is -0.380 e. The van der Waals surface area contributed by atoms with Gasteiger partial charge < -0.3 is 10.1 Å². The normalized spacial score (nSPS) is 19.7. The summed E-state index contributed by atoms with van der Waals surface area (Å²) in [5, 5.41) is 14.2. The molecule has 1 N–H and O–H groups in total. The van der Waals surface area contributed by atoms with Crippen LogP contribution in [0.1, 0.15) is 24.0 Å². The van der Waals surface area contributed by atoms with Crippen LogP contribution in [0.2, 0.25) is 0 Å². The Morgan fingerprint density at radius 1 is 1.56 bits per heavy atom. The molecule has 1 aliphatic heterocycles. The molecular formula is C13H18N2O3. The van der Waals surface area contributed by atoms with Crippen LogP contribution in [-0.4, -0.2) is 24.2 Å². The van der Waals surface area contributed by atoms with Gasteiger partial charge in [0.2, 0.25) is 0 Å². The second-order valence-corrected chi connectivity index (χ2v) is 4.67. The van der Waals surface area contributed by atoms with E-state index in [1.54, 1.807) is 19.1 Å². The lowest BCUT2D eigenvalue weighted by molar-refractivity contribution is -0.385. The third-order valence-electron chi connectivity index (χ3n) is 3.23. The molecule has 0 radical (unpaired) electrons. The van der Waals surface area contributed by atoms with Gasteiger partial charge >= 0.3 is 0 Å². The molecular weight excluding hydrogens is 232 g/mol. The van der Waals surface area contributed by atoms with E-state index in [9.17, 15) is 10.1 Å². The van der Waals surface area contributed by atoms with Crippen molar-refractivity contribution in [3.8, 4) is 0 Å². The quantitative estimate of drug-likeness (QED) is 0.657. The van der Waals surface area contributed by atoms with E-state index in [-0.39, 0.29) is 10.6 Å². The van der Waals surface area contributed by atoms with Crippen molar-refractivity contribution in [1.82, 2.24) is 5.32 Å². The first-order valence-corrected chi connectivity index (χ1v) is 6.22. The van der Waals surface area contributed by atoms with E-state index in [4.69, 9.17) is 4.74 Å². The second kappa shape index (κ2) is 5.93. The molecule has 1 saturated heterocycles. The minimum absolute atomic E-state index is 0.189. The summed E-state index contributed by atoms with van der Waals surface area (Å²) in [7, 11) is 0. The maximum Gasteiger partial charge on any atom is 0.272 e. The highest BCUT2D eigenvalue weighted by Gasteiger charge is 2.14. The topological polar surface area (TPSA) is 64.4 Å². The van der Waals surface area contributed by atoms with E-state index < -0.39 is 0 Å². The Balaban J connectivity index is 1.96. The van der Waals surface area contributed by atoms with Crippen molar-refractivity contribution in [2.75, 3.05) is 13.2 Å². The van der Waals surface area contributed by atoms with Crippen LogP contribution >= 0.6 is 0 Å². The maximum absolute atomic E-state index is 10.8. The summed E-state index contributed by atoms with van der Waals surface area (Å²) in [6.07, 6.45) is 2.18. The maximum atomic E-state index is 10.8. The fraction of sp³-hybridized carbons (Fsp3) is 0.538. The highest BCUT2D eigenvalue weighted by Crippen LogP contribution is 2.19. The van der Waals surface area contributed by atoms with Gasteiger partial charge in [0.15, 0.2) is 0 Å². The SMILES string of the molecule is Cc1ccc(CNC2CCCOC2)cc1[N+](=O)[O-]. The van der Waals surface area contributed by atoms with Gasteiger partial charge in [0.05, 0.1) is 11.5 Å².